The number of nitrogens with one attached hydrogen (secondary N) is 1. The lowest BCUT2D eigenvalue weighted by Crippen LogP contribution is -2.19. The Balaban J connectivity index is 2.14. The fraction of sp³-hybridized carbons (Fsp3) is 0.357. The van der Waals surface area contributed by atoms with Crippen LogP contribution in [0.2, 0.25) is 0 Å². The third-order valence-electron chi connectivity index (χ3n) is 2.87. The van der Waals surface area contributed by atoms with Crippen LogP contribution in [0.4, 0.5) is 5.69 Å². The first-order chi connectivity index (χ1) is 8.70. The molecule has 0 saturated carbocycles. The van der Waals surface area contributed by atoms with Gasteiger partial charge in [-0.05, 0) is 41.8 Å². The van der Waals surface area contributed by atoms with Crippen molar-refractivity contribution >= 4 is 17.0 Å². The van der Waals surface area contributed by atoms with Crippen molar-refractivity contribution < 1.29 is 0 Å². The van der Waals surface area contributed by atoms with Crippen molar-refractivity contribution in [2.24, 2.45) is 0 Å². The van der Waals surface area contributed by atoms with E-state index in [0.29, 0.717) is 0 Å². The fourth-order valence-corrected chi connectivity index (χ4v) is 2.64. The number of anilines is 1. The second kappa shape index (κ2) is 5.87. The lowest BCUT2D eigenvalue weighted by molar-refractivity contribution is 0.654. The van der Waals surface area contributed by atoms with Gasteiger partial charge in [-0.3, -0.25) is 4.79 Å². The van der Waals surface area contributed by atoms with Gasteiger partial charge in [0, 0.05) is 24.8 Å². The molecule has 2 heterocycles. The second-order valence-electron chi connectivity index (χ2n) is 4.37. The Labute approximate surface area is 111 Å². The highest BCUT2D eigenvalue weighted by Gasteiger charge is 2.06. The number of thiophene rings is 1. The predicted octanol–water partition coefficient (Wildman–Crippen LogP) is 3.49. The first-order valence-electron chi connectivity index (χ1n) is 6.20. The summed E-state index contributed by atoms with van der Waals surface area (Å²) >= 11 is 1.70. The van der Waals surface area contributed by atoms with Crippen LogP contribution in [0.1, 0.15) is 31.9 Å². The molecule has 2 aromatic heterocycles. The van der Waals surface area contributed by atoms with Gasteiger partial charge in [-0.2, -0.15) is 11.3 Å². The normalized spacial score (nSPS) is 12.3. The maximum Gasteiger partial charge on any atom is 0.250 e. The van der Waals surface area contributed by atoms with E-state index in [9.17, 15) is 4.79 Å². The van der Waals surface area contributed by atoms with E-state index in [0.717, 1.165) is 18.7 Å². The van der Waals surface area contributed by atoms with Crippen molar-refractivity contribution in [3.8, 4) is 0 Å². The van der Waals surface area contributed by atoms with Gasteiger partial charge in [0.15, 0.2) is 0 Å². The molecule has 96 valence electrons. The Morgan fingerprint density at radius 1 is 1.39 bits per heavy atom. The molecule has 1 unspecified atom stereocenters. The molecular formula is C14H18N2OS. The van der Waals surface area contributed by atoms with E-state index in [1.54, 1.807) is 22.0 Å². The average Bonchev–Trinajstić information content (AvgIpc) is 2.87. The van der Waals surface area contributed by atoms with Crippen LogP contribution >= 0.6 is 11.3 Å². The number of hydrogen-bond donors (Lipinski definition) is 1. The summed E-state index contributed by atoms with van der Waals surface area (Å²) in [6.07, 6.45) is 2.86. The highest BCUT2D eigenvalue weighted by molar-refractivity contribution is 7.07. The van der Waals surface area contributed by atoms with E-state index in [2.05, 4.69) is 36.0 Å². The summed E-state index contributed by atoms with van der Waals surface area (Å²) < 4.78 is 1.75. The van der Waals surface area contributed by atoms with Gasteiger partial charge in [-0.1, -0.05) is 6.92 Å². The highest BCUT2D eigenvalue weighted by atomic mass is 32.1. The summed E-state index contributed by atoms with van der Waals surface area (Å²) in [5, 5.41) is 7.63. The standard InChI is InChI=1S/C14H18N2OS/c1-3-7-16-9-13(4-5-14(16)17)15-11(2)12-6-8-18-10-12/h4-6,8-11,15H,3,7H2,1-2H3. The summed E-state index contributed by atoms with van der Waals surface area (Å²) in [7, 11) is 0. The van der Waals surface area contributed by atoms with Crippen molar-refractivity contribution in [3.63, 3.8) is 0 Å². The summed E-state index contributed by atoms with van der Waals surface area (Å²) in [5.41, 5.74) is 2.32. The quantitative estimate of drug-likeness (QED) is 0.895. The molecule has 3 nitrogen and oxygen atoms in total. The summed E-state index contributed by atoms with van der Waals surface area (Å²) in [6.45, 7) is 4.96. The van der Waals surface area contributed by atoms with Gasteiger partial charge in [0.2, 0.25) is 0 Å². The minimum absolute atomic E-state index is 0.0607. The first kappa shape index (κ1) is 12.9. The zero-order chi connectivity index (χ0) is 13.0. The van der Waals surface area contributed by atoms with Crippen molar-refractivity contribution in [2.45, 2.75) is 32.9 Å². The number of nitrogens with zero attached hydrogens (tertiary/aromatic N) is 1. The van der Waals surface area contributed by atoms with E-state index >= 15 is 0 Å². The Bertz CT molecular complexity index is 545. The van der Waals surface area contributed by atoms with Gasteiger partial charge in [0.1, 0.15) is 0 Å². The van der Waals surface area contributed by atoms with E-state index in [-0.39, 0.29) is 11.6 Å². The largest absolute Gasteiger partial charge is 0.377 e. The monoisotopic (exact) mass is 262 g/mol. The maximum absolute atomic E-state index is 11.6. The third-order valence-corrected chi connectivity index (χ3v) is 3.58. The summed E-state index contributed by atoms with van der Waals surface area (Å²) in [6, 6.07) is 5.84. The van der Waals surface area contributed by atoms with Crippen molar-refractivity contribution in [3.05, 3.63) is 51.1 Å². The minimum atomic E-state index is 0.0607. The molecule has 0 amide bonds. The number of aryl methyl sites for hydroxylation is 1. The zero-order valence-corrected chi connectivity index (χ0v) is 11.5. The van der Waals surface area contributed by atoms with Crippen molar-refractivity contribution in [1.82, 2.24) is 4.57 Å². The zero-order valence-electron chi connectivity index (χ0n) is 10.7. The molecule has 0 fully saturated rings. The maximum atomic E-state index is 11.6. The smallest absolute Gasteiger partial charge is 0.250 e. The summed E-state index contributed by atoms with van der Waals surface area (Å²) in [5.74, 6) is 0. The van der Waals surface area contributed by atoms with E-state index in [4.69, 9.17) is 0 Å². The number of rotatable bonds is 5. The molecule has 2 aromatic rings. The molecule has 0 bridgehead atoms. The number of hydrogen-bond acceptors (Lipinski definition) is 3. The van der Waals surface area contributed by atoms with Crippen LogP contribution in [0.3, 0.4) is 0 Å². The molecular weight excluding hydrogens is 244 g/mol. The van der Waals surface area contributed by atoms with Crippen LogP contribution in [0.25, 0.3) is 0 Å². The second-order valence-corrected chi connectivity index (χ2v) is 5.15. The Morgan fingerprint density at radius 3 is 2.89 bits per heavy atom. The topological polar surface area (TPSA) is 34.0 Å². The average molecular weight is 262 g/mol. The van der Waals surface area contributed by atoms with Gasteiger partial charge in [0.05, 0.1) is 5.69 Å². The molecule has 0 saturated heterocycles. The molecule has 1 atom stereocenters. The van der Waals surface area contributed by atoms with E-state index in [1.807, 2.05) is 12.3 Å². The molecule has 4 heteroatoms. The van der Waals surface area contributed by atoms with Crippen LogP contribution < -0.4 is 10.9 Å². The van der Waals surface area contributed by atoms with Crippen molar-refractivity contribution in [1.29, 1.82) is 0 Å². The van der Waals surface area contributed by atoms with Crippen LogP contribution in [-0.4, -0.2) is 4.57 Å². The molecule has 0 aliphatic rings. The fourth-order valence-electron chi connectivity index (χ4n) is 1.89. The SMILES string of the molecule is CCCn1cc(NC(C)c2ccsc2)ccc1=O. The van der Waals surface area contributed by atoms with E-state index in [1.165, 1.54) is 5.56 Å². The molecule has 2 rings (SSSR count). The molecule has 0 radical (unpaired) electrons. The highest BCUT2D eigenvalue weighted by Crippen LogP contribution is 2.20. The van der Waals surface area contributed by atoms with Gasteiger partial charge in [-0.25, -0.2) is 0 Å². The van der Waals surface area contributed by atoms with Gasteiger partial charge in [0.25, 0.3) is 5.56 Å². The molecule has 0 aliphatic carbocycles. The number of aromatic nitrogens is 1. The minimum Gasteiger partial charge on any atom is -0.377 e. The Hall–Kier alpha value is -1.55. The van der Waals surface area contributed by atoms with Crippen molar-refractivity contribution in [2.75, 3.05) is 5.32 Å². The van der Waals surface area contributed by atoms with Crippen LogP contribution in [0.15, 0.2) is 40.0 Å². The van der Waals surface area contributed by atoms with Gasteiger partial charge >= 0.3 is 0 Å². The van der Waals surface area contributed by atoms with Gasteiger partial charge in [-0.15, -0.1) is 0 Å². The van der Waals surface area contributed by atoms with E-state index < -0.39 is 0 Å². The first-order valence-corrected chi connectivity index (χ1v) is 7.14. The van der Waals surface area contributed by atoms with Gasteiger partial charge < -0.3 is 9.88 Å². The lowest BCUT2D eigenvalue weighted by Gasteiger charge is -2.15. The Kier molecular flexibility index (Phi) is 4.20. The van der Waals surface area contributed by atoms with Crippen LogP contribution in [0.5, 0.6) is 0 Å². The molecule has 1 N–H and O–H groups in total. The molecule has 18 heavy (non-hydrogen) atoms. The lowest BCUT2D eigenvalue weighted by atomic mass is 10.2. The summed E-state index contributed by atoms with van der Waals surface area (Å²) in [4.78, 5) is 11.6. The van der Waals surface area contributed by atoms with Crippen LogP contribution in [0, 0.1) is 0 Å². The molecule has 0 spiro atoms. The number of pyridine rings is 1. The third kappa shape index (κ3) is 3.01. The molecule has 0 aliphatic heterocycles. The predicted molar refractivity (Wildman–Crippen MR) is 77.3 cm³/mol. The van der Waals surface area contributed by atoms with Crippen LogP contribution in [-0.2, 0) is 6.54 Å². The Morgan fingerprint density at radius 2 is 2.22 bits per heavy atom. The molecule has 0 aromatic carbocycles.